The Balaban J connectivity index is 1.57. The van der Waals surface area contributed by atoms with Gasteiger partial charge in [-0.05, 0) is 49.9 Å². The van der Waals surface area contributed by atoms with Crippen LogP contribution in [0.2, 0.25) is 0 Å². The first kappa shape index (κ1) is 21.6. The van der Waals surface area contributed by atoms with Gasteiger partial charge >= 0.3 is 6.18 Å². The van der Waals surface area contributed by atoms with Gasteiger partial charge in [0.05, 0.1) is 12.1 Å². The third kappa shape index (κ3) is 5.72. The third-order valence-corrected chi connectivity index (χ3v) is 5.89. The van der Waals surface area contributed by atoms with Crippen LogP contribution in [0.15, 0.2) is 24.3 Å². The van der Waals surface area contributed by atoms with Crippen LogP contribution in [-0.2, 0) is 15.8 Å². The predicted octanol–water partition coefficient (Wildman–Crippen LogP) is 3.36. The van der Waals surface area contributed by atoms with Crippen LogP contribution in [0.1, 0.15) is 56.2 Å². The molecular formula is C21H28F3N3O2. The molecule has 160 valence electrons. The highest BCUT2D eigenvalue weighted by Crippen LogP contribution is 2.34. The van der Waals surface area contributed by atoms with Gasteiger partial charge in [-0.1, -0.05) is 18.6 Å². The van der Waals surface area contributed by atoms with Crippen LogP contribution in [0.5, 0.6) is 0 Å². The van der Waals surface area contributed by atoms with Crippen LogP contribution in [0.25, 0.3) is 0 Å². The average molecular weight is 411 g/mol. The highest BCUT2D eigenvalue weighted by atomic mass is 19.4. The van der Waals surface area contributed by atoms with Crippen molar-refractivity contribution in [1.82, 2.24) is 15.1 Å². The zero-order valence-electron chi connectivity index (χ0n) is 16.7. The molecule has 5 nitrogen and oxygen atoms in total. The van der Waals surface area contributed by atoms with Crippen molar-refractivity contribution in [2.45, 2.75) is 57.3 Å². The first-order valence-electron chi connectivity index (χ1n) is 10.2. The van der Waals surface area contributed by atoms with Crippen molar-refractivity contribution in [3.8, 4) is 0 Å². The van der Waals surface area contributed by atoms with Gasteiger partial charge in [0.25, 0.3) is 0 Å². The number of benzene rings is 1. The molecule has 3 rings (SSSR count). The van der Waals surface area contributed by atoms with Gasteiger partial charge in [-0.2, -0.15) is 13.2 Å². The largest absolute Gasteiger partial charge is 0.416 e. The summed E-state index contributed by atoms with van der Waals surface area (Å²) < 4.78 is 38.4. The molecule has 2 heterocycles. The number of nitrogens with zero attached hydrogens (tertiary/aromatic N) is 2. The van der Waals surface area contributed by atoms with E-state index in [1.807, 2.05) is 0 Å². The summed E-state index contributed by atoms with van der Waals surface area (Å²) in [6.45, 7) is 3.84. The minimum absolute atomic E-state index is 0.0451. The maximum atomic E-state index is 12.8. The second kappa shape index (κ2) is 9.15. The van der Waals surface area contributed by atoms with Crippen molar-refractivity contribution in [1.29, 1.82) is 0 Å². The molecule has 0 radical (unpaired) electrons. The summed E-state index contributed by atoms with van der Waals surface area (Å²) in [6.07, 6.45) is -0.0612. The van der Waals surface area contributed by atoms with Gasteiger partial charge in [-0.3, -0.25) is 14.5 Å². The standard InChI is InChI=1S/C21H28F3N3O2/c1-15(28)26-12-9-18(10-13-26)25-20(29)14-27-11-3-2-4-19(27)16-5-7-17(8-6-16)21(22,23)24/h5-8,18-19H,2-4,9-14H2,1H3,(H,25,29). The maximum Gasteiger partial charge on any atom is 0.416 e. The van der Waals surface area contributed by atoms with Crippen molar-refractivity contribution in [3.05, 3.63) is 35.4 Å². The number of hydrogen-bond acceptors (Lipinski definition) is 3. The van der Waals surface area contributed by atoms with Gasteiger partial charge in [-0.15, -0.1) is 0 Å². The molecule has 0 spiro atoms. The minimum atomic E-state index is -4.34. The zero-order valence-corrected chi connectivity index (χ0v) is 16.7. The lowest BCUT2D eigenvalue weighted by Gasteiger charge is -2.36. The van der Waals surface area contributed by atoms with E-state index in [0.717, 1.165) is 56.3 Å². The number of nitrogens with one attached hydrogen (secondary N) is 1. The smallest absolute Gasteiger partial charge is 0.352 e. The number of halogens is 3. The molecule has 29 heavy (non-hydrogen) atoms. The molecule has 2 aliphatic heterocycles. The fourth-order valence-electron chi connectivity index (χ4n) is 4.25. The van der Waals surface area contributed by atoms with Crippen LogP contribution in [0, 0.1) is 0 Å². The van der Waals surface area contributed by atoms with Gasteiger partial charge in [0.15, 0.2) is 0 Å². The van der Waals surface area contributed by atoms with E-state index in [1.54, 1.807) is 11.8 Å². The second-order valence-corrected chi connectivity index (χ2v) is 7.95. The first-order valence-corrected chi connectivity index (χ1v) is 10.2. The molecule has 1 aromatic rings. The molecule has 2 fully saturated rings. The SMILES string of the molecule is CC(=O)N1CCC(NC(=O)CN2CCCCC2c2ccc(C(F)(F)F)cc2)CC1. The van der Waals surface area contributed by atoms with Gasteiger partial charge < -0.3 is 10.2 Å². The average Bonchev–Trinajstić information content (AvgIpc) is 2.68. The number of piperidine rings is 2. The van der Waals surface area contributed by atoms with E-state index in [9.17, 15) is 22.8 Å². The maximum absolute atomic E-state index is 12.8. The molecule has 0 saturated carbocycles. The molecule has 1 unspecified atom stereocenters. The lowest BCUT2D eigenvalue weighted by atomic mass is 9.94. The van der Waals surface area contributed by atoms with E-state index in [1.165, 1.54) is 12.1 Å². The normalized spacial score (nSPS) is 21.8. The molecule has 1 aromatic carbocycles. The highest BCUT2D eigenvalue weighted by molar-refractivity contribution is 5.78. The van der Waals surface area contributed by atoms with Gasteiger partial charge in [-0.25, -0.2) is 0 Å². The predicted molar refractivity (Wildman–Crippen MR) is 103 cm³/mol. The van der Waals surface area contributed by atoms with Gasteiger partial charge in [0, 0.05) is 32.1 Å². The van der Waals surface area contributed by atoms with Crippen molar-refractivity contribution < 1.29 is 22.8 Å². The Bertz CT molecular complexity index is 713. The summed E-state index contributed by atoms with van der Waals surface area (Å²) >= 11 is 0. The topological polar surface area (TPSA) is 52.7 Å². The molecule has 0 aliphatic carbocycles. The molecule has 2 aliphatic rings. The summed E-state index contributed by atoms with van der Waals surface area (Å²) in [5.41, 5.74) is 0.165. The molecule has 0 bridgehead atoms. The van der Waals surface area contributed by atoms with E-state index < -0.39 is 11.7 Å². The number of likely N-dealkylation sites (tertiary alicyclic amines) is 2. The number of amides is 2. The van der Waals surface area contributed by atoms with Crippen LogP contribution >= 0.6 is 0 Å². The van der Waals surface area contributed by atoms with Crippen molar-refractivity contribution in [2.75, 3.05) is 26.2 Å². The van der Waals surface area contributed by atoms with E-state index in [2.05, 4.69) is 10.2 Å². The lowest BCUT2D eigenvalue weighted by molar-refractivity contribution is -0.137. The lowest BCUT2D eigenvalue weighted by Crippen LogP contribution is -2.49. The fourth-order valence-corrected chi connectivity index (χ4v) is 4.25. The first-order chi connectivity index (χ1) is 13.7. The fraction of sp³-hybridized carbons (Fsp3) is 0.619. The van der Waals surface area contributed by atoms with Gasteiger partial charge in [0.1, 0.15) is 0 Å². The Morgan fingerprint density at radius 3 is 2.28 bits per heavy atom. The number of carbonyl (C=O) groups is 2. The van der Waals surface area contributed by atoms with E-state index in [4.69, 9.17) is 0 Å². The van der Waals surface area contributed by atoms with Crippen LogP contribution < -0.4 is 5.32 Å². The number of carbonyl (C=O) groups excluding carboxylic acids is 2. The molecule has 2 amide bonds. The Morgan fingerprint density at radius 1 is 1.03 bits per heavy atom. The van der Waals surface area contributed by atoms with Crippen molar-refractivity contribution in [3.63, 3.8) is 0 Å². The summed E-state index contributed by atoms with van der Waals surface area (Å²) in [5, 5.41) is 3.06. The zero-order chi connectivity index (χ0) is 21.0. The Kier molecular flexibility index (Phi) is 6.82. The minimum Gasteiger partial charge on any atom is -0.352 e. The Labute approximate surface area is 169 Å². The third-order valence-electron chi connectivity index (χ3n) is 5.89. The molecular weight excluding hydrogens is 383 g/mol. The number of rotatable bonds is 4. The summed E-state index contributed by atoms with van der Waals surface area (Å²) in [4.78, 5) is 27.8. The molecule has 1 atom stereocenters. The van der Waals surface area contributed by atoms with Crippen LogP contribution in [0.4, 0.5) is 13.2 Å². The second-order valence-electron chi connectivity index (χ2n) is 7.95. The summed E-state index contributed by atoms with van der Waals surface area (Å²) in [6, 6.07) is 5.31. The molecule has 8 heteroatoms. The number of hydrogen-bond donors (Lipinski definition) is 1. The number of alkyl halides is 3. The van der Waals surface area contributed by atoms with Crippen LogP contribution in [-0.4, -0.2) is 53.8 Å². The summed E-state index contributed by atoms with van der Waals surface area (Å²) in [7, 11) is 0. The highest BCUT2D eigenvalue weighted by Gasteiger charge is 2.31. The van der Waals surface area contributed by atoms with E-state index in [-0.39, 0.29) is 30.4 Å². The quantitative estimate of drug-likeness (QED) is 0.827. The van der Waals surface area contributed by atoms with Gasteiger partial charge in [0.2, 0.25) is 11.8 Å². The summed E-state index contributed by atoms with van der Waals surface area (Å²) in [5.74, 6) is -0.00689. The Morgan fingerprint density at radius 2 is 1.69 bits per heavy atom. The molecule has 2 saturated heterocycles. The molecule has 1 N–H and O–H groups in total. The molecule has 0 aromatic heterocycles. The Hall–Kier alpha value is -2.09. The van der Waals surface area contributed by atoms with E-state index in [0.29, 0.717) is 13.1 Å². The van der Waals surface area contributed by atoms with Crippen LogP contribution in [0.3, 0.4) is 0 Å². The van der Waals surface area contributed by atoms with Crippen molar-refractivity contribution in [2.24, 2.45) is 0 Å². The monoisotopic (exact) mass is 411 g/mol. The van der Waals surface area contributed by atoms with E-state index >= 15 is 0 Å². The van der Waals surface area contributed by atoms with Crippen molar-refractivity contribution >= 4 is 11.8 Å².